The second kappa shape index (κ2) is 5.11. The number of halogens is 2. The van der Waals surface area contributed by atoms with Crippen LogP contribution in [0.25, 0.3) is 0 Å². The van der Waals surface area contributed by atoms with Gasteiger partial charge < -0.3 is 10.1 Å². The molecule has 0 spiro atoms. The number of ether oxygens (including phenoxy) is 1. The number of rotatable bonds is 3. The molecule has 3 nitrogen and oxygen atoms in total. The van der Waals surface area contributed by atoms with Crippen molar-refractivity contribution in [2.45, 2.75) is 13.0 Å². The lowest BCUT2D eigenvalue weighted by Crippen LogP contribution is -2.12. The van der Waals surface area contributed by atoms with Gasteiger partial charge in [0.05, 0.1) is 28.9 Å². The molecule has 1 unspecified atom stereocenters. The van der Waals surface area contributed by atoms with Gasteiger partial charge in [-0.3, -0.25) is 0 Å². The van der Waals surface area contributed by atoms with Crippen molar-refractivity contribution in [2.24, 2.45) is 0 Å². The zero-order valence-electron chi connectivity index (χ0n) is 8.34. The number of hydrogen-bond acceptors (Lipinski definition) is 3. The van der Waals surface area contributed by atoms with Crippen LogP contribution in [0.15, 0.2) is 12.1 Å². The van der Waals surface area contributed by atoms with Crippen molar-refractivity contribution in [3.05, 3.63) is 22.2 Å². The van der Waals surface area contributed by atoms with Gasteiger partial charge in [0, 0.05) is 6.07 Å². The van der Waals surface area contributed by atoms with Crippen LogP contribution in [0.2, 0.25) is 10.0 Å². The molecule has 0 aliphatic heterocycles. The van der Waals surface area contributed by atoms with E-state index < -0.39 is 0 Å². The highest BCUT2D eigenvalue weighted by Gasteiger charge is 2.09. The Bertz CT molecular complexity index is 401. The third kappa shape index (κ3) is 2.92. The van der Waals surface area contributed by atoms with E-state index in [1.54, 1.807) is 19.1 Å². The van der Waals surface area contributed by atoms with E-state index in [9.17, 15) is 0 Å². The van der Waals surface area contributed by atoms with Crippen molar-refractivity contribution < 1.29 is 4.74 Å². The second-order valence-corrected chi connectivity index (χ2v) is 3.78. The zero-order chi connectivity index (χ0) is 11.4. The van der Waals surface area contributed by atoms with Gasteiger partial charge in [0.25, 0.3) is 0 Å². The van der Waals surface area contributed by atoms with Crippen LogP contribution in [0.3, 0.4) is 0 Å². The van der Waals surface area contributed by atoms with Crippen LogP contribution in [-0.2, 0) is 0 Å². The number of hydrogen-bond donors (Lipinski definition) is 1. The Hall–Kier alpha value is -1.11. The lowest BCUT2D eigenvalue weighted by molar-refractivity contribution is 0.415. The van der Waals surface area contributed by atoms with Gasteiger partial charge in [-0.1, -0.05) is 23.2 Å². The van der Waals surface area contributed by atoms with Crippen molar-refractivity contribution in [2.75, 3.05) is 12.4 Å². The Morgan fingerprint density at radius 3 is 2.60 bits per heavy atom. The molecule has 1 N–H and O–H groups in total. The predicted octanol–water partition coefficient (Wildman–Crippen LogP) is 3.33. The Morgan fingerprint density at radius 1 is 1.40 bits per heavy atom. The first-order chi connectivity index (χ1) is 7.08. The largest absolute Gasteiger partial charge is 0.495 e. The molecule has 5 heteroatoms. The standard InChI is InChI=1S/C10H10Cl2N2O/c1-6(5-13)14-9-3-8(12)10(15-2)4-7(9)11/h3-4,6,14H,1-2H3. The molecule has 0 saturated heterocycles. The molecule has 0 aliphatic carbocycles. The summed E-state index contributed by atoms with van der Waals surface area (Å²) in [5.74, 6) is 0.511. The topological polar surface area (TPSA) is 45.0 Å². The van der Waals surface area contributed by atoms with Crippen LogP contribution in [-0.4, -0.2) is 13.2 Å². The molecule has 0 radical (unpaired) electrons. The molecule has 0 fully saturated rings. The van der Waals surface area contributed by atoms with Gasteiger partial charge >= 0.3 is 0 Å². The fourth-order valence-electron chi connectivity index (χ4n) is 1.06. The van der Waals surface area contributed by atoms with Gasteiger partial charge in [-0.05, 0) is 13.0 Å². The molecular formula is C10H10Cl2N2O. The number of benzene rings is 1. The summed E-state index contributed by atoms with van der Waals surface area (Å²) < 4.78 is 5.00. The summed E-state index contributed by atoms with van der Waals surface area (Å²) in [6.07, 6.45) is 0. The molecular weight excluding hydrogens is 235 g/mol. The molecule has 0 amide bonds. The maximum absolute atomic E-state index is 8.64. The lowest BCUT2D eigenvalue weighted by atomic mass is 10.2. The number of methoxy groups -OCH3 is 1. The highest BCUT2D eigenvalue weighted by atomic mass is 35.5. The summed E-state index contributed by atoms with van der Waals surface area (Å²) in [6.45, 7) is 1.73. The Kier molecular flexibility index (Phi) is 4.07. The van der Waals surface area contributed by atoms with Crippen molar-refractivity contribution in [1.29, 1.82) is 5.26 Å². The molecule has 1 aromatic rings. The average molecular weight is 245 g/mol. The Morgan fingerprint density at radius 2 is 2.07 bits per heavy atom. The van der Waals surface area contributed by atoms with E-state index in [1.807, 2.05) is 6.07 Å². The first-order valence-electron chi connectivity index (χ1n) is 4.27. The number of nitriles is 1. The highest BCUT2D eigenvalue weighted by molar-refractivity contribution is 6.36. The molecule has 0 aromatic heterocycles. The average Bonchev–Trinajstić information content (AvgIpc) is 2.22. The number of nitrogens with one attached hydrogen (secondary N) is 1. The van der Waals surface area contributed by atoms with Crippen LogP contribution in [0, 0.1) is 11.3 Å². The Balaban J connectivity index is 3.01. The fourth-order valence-corrected chi connectivity index (χ4v) is 1.51. The van der Waals surface area contributed by atoms with Gasteiger partial charge in [-0.25, -0.2) is 0 Å². The first kappa shape index (κ1) is 12.0. The maximum Gasteiger partial charge on any atom is 0.139 e. The van der Waals surface area contributed by atoms with Gasteiger partial charge in [0.1, 0.15) is 11.8 Å². The molecule has 15 heavy (non-hydrogen) atoms. The first-order valence-corrected chi connectivity index (χ1v) is 5.03. The molecule has 80 valence electrons. The summed E-state index contributed by atoms with van der Waals surface area (Å²) >= 11 is 11.9. The van der Waals surface area contributed by atoms with E-state index in [-0.39, 0.29) is 6.04 Å². The van der Waals surface area contributed by atoms with E-state index in [0.717, 1.165) is 0 Å². The Labute approximate surface area is 98.6 Å². The molecule has 1 rings (SSSR count). The normalized spacial score (nSPS) is 11.7. The van der Waals surface area contributed by atoms with Gasteiger partial charge in [-0.15, -0.1) is 0 Å². The van der Waals surface area contributed by atoms with E-state index >= 15 is 0 Å². The lowest BCUT2D eigenvalue weighted by Gasteiger charge is -2.12. The van der Waals surface area contributed by atoms with Crippen LogP contribution < -0.4 is 10.1 Å². The molecule has 1 aromatic carbocycles. The van der Waals surface area contributed by atoms with Crippen LogP contribution in [0.1, 0.15) is 6.92 Å². The van der Waals surface area contributed by atoms with E-state index in [2.05, 4.69) is 5.32 Å². The minimum absolute atomic E-state index is 0.327. The summed E-state index contributed by atoms with van der Waals surface area (Å²) in [5, 5.41) is 12.5. The van der Waals surface area contributed by atoms with Crippen molar-refractivity contribution in [1.82, 2.24) is 0 Å². The van der Waals surface area contributed by atoms with Crippen molar-refractivity contribution in [3.8, 4) is 11.8 Å². The van der Waals surface area contributed by atoms with Crippen LogP contribution >= 0.6 is 23.2 Å². The number of nitrogens with zero attached hydrogens (tertiary/aromatic N) is 1. The zero-order valence-corrected chi connectivity index (χ0v) is 9.86. The summed E-state index contributed by atoms with van der Waals surface area (Å²) in [7, 11) is 1.52. The number of anilines is 1. The molecule has 0 bridgehead atoms. The predicted molar refractivity (Wildman–Crippen MR) is 61.7 cm³/mol. The van der Waals surface area contributed by atoms with E-state index in [4.69, 9.17) is 33.2 Å². The fraction of sp³-hybridized carbons (Fsp3) is 0.300. The van der Waals surface area contributed by atoms with Crippen LogP contribution in [0.4, 0.5) is 5.69 Å². The summed E-state index contributed by atoms with van der Waals surface area (Å²) in [4.78, 5) is 0. The highest BCUT2D eigenvalue weighted by Crippen LogP contribution is 2.34. The van der Waals surface area contributed by atoms with E-state index in [0.29, 0.717) is 21.5 Å². The molecule has 1 atom stereocenters. The van der Waals surface area contributed by atoms with Gasteiger partial charge in [-0.2, -0.15) is 5.26 Å². The summed E-state index contributed by atoms with van der Waals surface area (Å²) in [5.41, 5.74) is 0.622. The minimum atomic E-state index is -0.327. The minimum Gasteiger partial charge on any atom is -0.495 e. The van der Waals surface area contributed by atoms with Crippen LogP contribution in [0.5, 0.6) is 5.75 Å². The maximum atomic E-state index is 8.64. The van der Waals surface area contributed by atoms with E-state index in [1.165, 1.54) is 7.11 Å². The van der Waals surface area contributed by atoms with Crippen molar-refractivity contribution >= 4 is 28.9 Å². The molecule has 0 aliphatic rings. The summed E-state index contributed by atoms with van der Waals surface area (Å²) in [6, 6.07) is 4.96. The quantitative estimate of drug-likeness (QED) is 0.888. The molecule has 0 heterocycles. The smallest absolute Gasteiger partial charge is 0.139 e. The monoisotopic (exact) mass is 244 g/mol. The SMILES string of the molecule is COc1cc(Cl)c(NC(C)C#N)cc1Cl. The third-order valence-electron chi connectivity index (χ3n) is 1.81. The van der Waals surface area contributed by atoms with Gasteiger partial charge in [0.15, 0.2) is 0 Å². The third-order valence-corrected chi connectivity index (χ3v) is 2.42. The van der Waals surface area contributed by atoms with Crippen molar-refractivity contribution in [3.63, 3.8) is 0 Å². The second-order valence-electron chi connectivity index (χ2n) is 2.96. The molecule has 0 saturated carbocycles. The van der Waals surface area contributed by atoms with Gasteiger partial charge in [0.2, 0.25) is 0 Å².